The third-order valence-corrected chi connectivity index (χ3v) is 5.41. The van der Waals surface area contributed by atoms with Gasteiger partial charge in [-0.1, -0.05) is 11.6 Å². The van der Waals surface area contributed by atoms with E-state index in [-0.39, 0.29) is 17.1 Å². The van der Waals surface area contributed by atoms with E-state index in [0.29, 0.717) is 30.9 Å². The quantitative estimate of drug-likeness (QED) is 0.715. The number of oxazole rings is 1. The molecule has 0 saturated carbocycles. The normalized spacial score (nSPS) is 22.7. The van der Waals surface area contributed by atoms with E-state index < -0.39 is 16.8 Å². The van der Waals surface area contributed by atoms with Crippen LogP contribution in [0, 0.1) is 0 Å². The molecule has 6 nitrogen and oxygen atoms in total. The molecule has 2 bridgehead atoms. The highest BCUT2D eigenvalue weighted by molar-refractivity contribution is 6.32. The van der Waals surface area contributed by atoms with Crippen LogP contribution in [0.4, 0.5) is 19.2 Å². The molecule has 0 spiro atoms. The van der Waals surface area contributed by atoms with Gasteiger partial charge < -0.3 is 14.6 Å². The van der Waals surface area contributed by atoms with E-state index in [2.05, 4.69) is 15.4 Å². The average Bonchev–Trinajstić information content (AvgIpc) is 3.32. The topological polar surface area (TPSA) is 59.1 Å². The molecule has 27 heavy (non-hydrogen) atoms. The Morgan fingerprint density at radius 3 is 2.59 bits per heavy atom. The fourth-order valence-corrected chi connectivity index (χ4v) is 4.26. The number of anilines is 1. The van der Waals surface area contributed by atoms with Gasteiger partial charge in [0, 0.05) is 37.6 Å². The molecule has 2 aliphatic heterocycles. The lowest BCUT2D eigenvalue weighted by Crippen LogP contribution is -2.51. The summed E-state index contributed by atoms with van der Waals surface area (Å²) in [4.78, 5) is 6.12. The molecule has 10 heteroatoms. The second kappa shape index (κ2) is 5.87. The first kappa shape index (κ1) is 16.9. The predicted molar refractivity (Wildman–Crippen MR) is 93.3 cm³/mol. The molecule has 2 atom stereocenters. The van der Waals surface area contributed by atoms with E-state index in [1.807, 2.05) is 4.90 Å². The molecule has 5 rings (SSSR count). The Morgan fingerprint density at radius 2 is 1.96 bits per heavy atom. The van der Waals surface area contributed by atoms with Gasteiger partial charge in [0.1, 0.15) is 16.8 Å². The number of hydrogen-bond donors (Lipinski definition) is 1. The zero-order valence-corrected chi connectivity index (χ0v) is 14.8. The van der Waals surface area contributed by atoms with Crippen LogP contribution in [0.1, 0.15) is 18.4 Å². The number of fused-ring (bicyclic) bond motifs is 3. The van der Waals surface area contributed by atoms with Crippen molar-refractivity contribution in [2.45, 2.75) is 31.1 Å². The third-order valence-electron chi connectivity index (χ3n) is 5.11. The van der Waals surface area contributed by atoms with Crippen molar-refractivity contribution < 1.29 is 17.6 Å². The highest BCUT2D eigenvalue weighted by atomic mass is 35.5. The summed E-state index contributed by atoms with van der Waals surface area (Å²) >= 11 is 5.99. The molecule has 1 aromatic carbocycles. The van der Waals surface area contributed by atoms with Crippen molar-refractivity contribution in [2.75, 3.05) is 18.0 Å². The summed E-state index contributed by atoms with van der Waals surface area (Å²) in [6.45, 7) is 1.30. The molecule has 0 radical (unpaired) electrons. The fourth-order valence-electron chi connectivity index (χ4n) is 3.96. The van der Waals surface area contributed by atoms with Crippen LogP contribution in [0.3, 0.4) is 0 Å². The number of halogens is 4. The number of piperazine rings is 1. The van der Waals surface area contributed by atoms with Crippen LogP contribution in [-0.4, -0.2) is 39.9 Å². The maximum atomic E-state index is 13.6. The van der Waals surface area contributed by atoms with Crippen molar-refractivity contribution in [1.29, 1.82) is 0 Å². The summed E-state index contributed by atoms with van der Waals surface area (Å²) in [6, 6.07) is 3.67. The summed E-state index contributed by atoms with van der Waals surface area (Å²) in [5.41, 5.74) is -0.925. The highest BCUT2D eigenvalue weighted by Crippen LogP contribution is 2.43. The molecule has 2 fully saturated rings. The zero-order chi connectivity index (χ0) is 18.8. The minimum absolute atomic E-state index is 0.0244. The summed E-state index contributed by atoms with van der Waals surface area (Å²) < 4.78 is 48.1. The van der Waals surface area contributed by atoms with Gasteiger partial charge >= 0.3 is 6.18 Å². The molecule has 2 unspecified atom stereocenters. The van der Waals surface area contributed by atoms with E-state index in [1.165, 1.54) is 16.9 Å². The summed E-state index contributed by atoms with van der Waals surface area (Å²) in [5.74, 6) is 0. The lowest BCUT2D eigenvalue weighted by atomic mass is 10.1. The standard InChI is InChI=1S/C17H15ClF3N5O/c18-11-6-12(26-5-1-4-22-26)15-14(13(11)17(19,20)21)24-16(27-15)25-7-9-2-3-10(8-25)23-9/h1,4-6,9-10,23H,2-3,7-8H2. The van der Waals surface area contributed by atoms with Crippen LogP contribution in [-0.2, 0) is 6.18 Å². The molecule has 3 aromatic rings. The van der Waals surface area contributed by atoms with Gasteiger partial charge in [0.15, 0.2) is 5.58 Å². The zero-order valence-electron chi connectivity index (χ0n) is 14.0. The molecule has 1 N–H and O–H groups in total. The molecule has 0 amide bonds. The molecular weight excluding hydrogens is 383 g/mol. The van der Waals surface area contributed by atoms with E-state index in [4.69, 9.17) is 16.0 Å². The Hall–Kier alpha value is -2.26. The number of nitrogens with one attached hydrogen (secondary N) is 1. The number of benzene rings is 1. The number of nitrogens with zero attached hydrogens (tertiary/aromatic N) is 4. The summed E-state index contributed by atoms with van der Waals surface area (Å²) in [5, 5.41) is 7.14. The third kappa shape index (κ3) is 2.76. The van der Waals surface area contributed by atoms with Crippen LogP contribution in [0.15, 0.2) is 28.9 Å². The largest absolute Gasteiger partial charge is 0.421 e. The average molecular weight is 398 g/mol. The van der Waals surface area contributed by atoms with Gasteiger partial charge in [-0.15, -0.1) is 0 Å². The monoisotopic (exact) mass is 397 g/mol. The number of aromatic nitrogens is 3. The first-order valence-electron chi connectivity index (χ1n) is 8.61. The number of hydrogen-bond acceptors (Lipinski definition) is 5. The van der Waals surface area contributed by atoms with Crippen LogP contribution >= 0.6 is 11.6 Å². The van der Waals surface area contributed by atoms with Crippen molar-refractivity contribution >= 4 is 28.7 Å². The second-order valence-electron chi connectivity index (χ2n) is 6.92. The van der Waals surface area contributed by atoms with Crippen molar-refractivity contribution in [3.8, 4) is 5.69 Å². The van der Waals surface area contributed by atoms with Crippen LogP contribution in [0.5, 0.6) is 0 Å². The molecular formula is C17H15ClF3N5O. The maximum Gasteiger partial charge on any atom is 0.420 e. The Morgan fingerprint density at radius 1 is 1.22 bits per heavy atom. The molecule has 2 aromatic heterocycles. The van der Waals surface area contributed by atoms with E-state index in [1.54, 1.807) is 12.3 Å². The SMILES string of the molecule is FC(F)(F)c1c(Cl)cc(-n2cccn2)c2oc(N3CC4CCC(C3)N4)nc12. The number of rotatable bonds is 2. The minimum atomic E-state index is -4.64. The van der Waals surface area contributed by atoms with Crippen LogP contribution in [0.25, 0.3) is 16.8 Å². The first-order valence-corrected chi connectivity index (χ1v) is 8.99. The molecule has 2 saturated heterocycles. The van der Waals surface area contributed by atoms with Crippen molar-refractivity contribution in [3.05, 3.63) is 35.1 Å². The van der Waals surface area contributed by atoms with Gasteiger partial charge in [-0.3, -0.25) is 0 Å². The minimum Gasteiger partial charge on any atom is -0.421 e. The smallest absolute Gasteiger partial charge is 0.420 e. The first-order chi connectivity index (χ1) is 12.9. The van der Waals surface area contributed by atoms with Crippen molar-refractivity contribution in [2.24, 2.45) is 0 Å². The Balaban J connectivity index is 1.70. The predicted octanol–water partition coefficient (Wildman–Crippen LogP) is 3.63. The van der Waals surface area contributed by atoms with Gasteiger partial charge in [-0.2, -0.15) is 23.3 Å². The molecule has 2 aliphatic rings. The van der Waals surface area contributed by atoms with Crippen LogP contribution in [0.2, 0.25) is 5.02 Å². The van der Waals surface area contributed by atoms with Gasteiger partial charge in [-0.05, 0) is 25.0 Å². The maximum absolute atomic E-state index is 13.6. The van der Waals surface area contributed by atoms with Crippen molar-refractivity contribution in [3.63, 3.8) is 0 Å². The number of alkyl halides is 3. The van der Waals surface area contributed by atoms with Gasteiger partial charge in [-0.25, -0.2) is 4.68 Å². The lowest BCUT2D eigenvalue weighted by molar-refractivity contribution is -0.136. The molecule has 0 aliphatic carbocycles. The fraction of sp³-hybridized carbons (Fsp3) is 0.412. The summed E-state index contributed by atoms with van der Waals surface area (Å²) in [7, 11) is 0. The van der Waals surface area contributed by atoms with E-state index in [9.17, 15) is 13.2 Å². The summed E-state index contributed by atoms with van der Waals surface area (Å²) in [6.07, 6.45) is 0.585. The Kier molecular flexibility index (Phi) is 3.67. The Bertz CT molecular complexity index is 988. The Labute approximate surface area is 156 Å². The van der Waals surface area contributed by atoms with E-state index >= 15 is 0 Å². The highest BCUT2D eigenvalue weighted by Gasteiger charge is 2.40. The molecule has 142 valence electrons. The van der Waals surface area contributed by atoms with Gasteiger partial charge in [0.05, 0.1) is 5.02 Å². The van der Waals surface area contributed by atoms with Gasteiger partial charge in [0.25, 0.3) is 6.01 Å². The second-order valence-corrected chi connectivity index (χ2v) is 7.33. The van der Waals surface area contributed by atoms with Crippen molar-refractivity contribution in [1.82, 2.24) is 20.1 Å². The van der Waals surface area contributed by atoms with E-state index in [0.717, 1.165) is 12.8 Å². The molecule has 4 heterocycles. The van der Waals surface area contributed by atoms with Gasteiger partial charge in [0.2, 0.25) is 0 Å². The lowest BCUT2D eigenvalue weighted by Gasteiger charge is -2.31. The van der Waals surface area contributed by atoms with Crippen LogP contribution < -0.4 is 10.2 Å².